The van der Waals surface area contributed by atoms with Crippen molar-refractivity contribution in [2.24, 2.45) is 5.92 Å². The van der Waals surface area contributed by atoms with Crippen LogP contribution in [0.1, 0.15) is 49.4 Å². The number of hydrogen-bond acceptors (Lipinski definition) is 4. The summed E-state index contributed by atoms with van der Waals surface area (Å²) >= 11 is 0. The summed E-state index contributed by atoms with van der Waals surface area (Å²) in [4.78, 5) is 28.9. The largest absolute Gasteiger partial charge is 0.354 e. The first-order valence-corrected chi connectivity index (χ1v) is 15.3. The molecule has 3 aromatic rings. The van der Waals surface area contributed by atoms with Crippen LogP contribution in [-0.4, -0.2) is 44.3 Å². The number of anilines is 1. The lowest BCUT2D eigenvalue weighted by Gasteiger charge is -2.34. The lowest BCUT2D eigenvalue weighted by atomic mass is 10.1. The number of carbonyl (C=O) groups excluding carboxylic acids is 2. The Morgan fingerprint density at radius 3 is 2.15 bits per heavy atom. The zero-order valence-corrected chi connectivity index (χ0v) is 25.5. The normalized spacial score (nSPS) is 12.2. The van der Waals surface area contributed by atoms with Crippen molar-refractivity contribution in [3.63, 3.8) is 0 Å². The highest BCUT2D eigenvalue weighted by molar-refractivity contribution is 7.92. The Bertz CT molecular complexity index is 1460. The SMILES string of the molecule is CCC(C(=O)NCC(C)C)N(Cc1ccc(F)cc1)C(=O)CN(c1cccc(C)c1C)S(=O)(=O)c1ccc(C)cc1. The summed E-state index contributed by atoms with van der Waals surface area (Å²) in [5.74, 6) is -1.08. The van der Waals surface area contributed by atoms with E-state index in [1.54, 1.807) is 43.3 Å². The summed E-state index contributed by atoms with van der Waals surface area (Å²) in [5.41, 5.74) is 3.51. The van der Waals surface area contributed by atoms with Crippen molar-refractivity contribution in [3.05, 3.63) is 94.8 Å². The van der Waals surface area contributed by atoms with Crippen LogP contribution in [-0.2, 0) is 26.2 Å². The van der Waals surface area contributed by atoms with Crippen molar-refractivity contribution >= 4 is 27.5 Å². The first-order valence-electron chi connectivity index (χ1n) is 13.8. The average molecular weight is 582 g/mol. The van der Waals surface area contributed by atoms with Crippen LogP contribution in [0.5, 0.6) is 0 Å². The van der Waals surface area contributed by atoms with Crippen molar-refractivity contribution in [1.82, 2.24) is 10.2 Å². The number of hydrogen-bond donors (Lipinski definition) is 1. The van der Waals surface area contributed by atoms with E-state index in [0.29, 0.717) is 24.2 Å². The minimum Gasteiger partial charge on any atom is -0.354 e. The number of amides is 2. The van der Waals surface area contributed by atoms with Crippen molar-refractivity contribution in [3.8, 4) is 0 Å². The molecule has 0 spiro atoms. The molecule has 0 fully saturated rings. The minimum atomic E-state index is -4.16. The van der Waals surface area contributed by atoms with Gasteiger partial charge in [-0.15, -0.1) is 0 Å². The Hall–Kier alpha value is -3.72. The Morgan fingerprint density at radius 2 is 1.56 bits per heavy atom. The van der Waals surface area contributed by atoms with Gasteiger partial charge in [-0.1, -0.05) is 62.7 Å². The molecule has 0 aliphatic heterocycles. The maximum absolute atomic E-state index is 14.1. The van der Waals surface area contributed by atoms with Gasteiger partial charge in [-0.3, -0.25) is 13.9 Å². The summed E-state index contributed by atoms with van der Waals surface area (Å²) in [6.45, 7) is 11.2. The number of halogens is 1. The van der Waals surface area contributed by atoms with Crippen LogP contribution in [0.2, 0.25) is 0 Å². The lowest BCUT2D eigenvalue weighted by Crippen LogP contribution is -2.52. The summed E-state index contributed by atoms with van der Waals surface area (Å²) in [5, 5.41) is 2.90. The standard InChI is InChI=1S/C32H40FN3O4S/c1-7-29(32(38)34-19-22(2)3)35(20-26-13-15-27(33)16-14-26)31(37)21-36(30-10-8-9-24(5)25(30)6)41(39,40)28-17-11-23(4)12-18-28/h8-18,22,29H,7,19-21H2,1-6H3,(H,34,38). The second-order valence-corrected chi connectivity index (χ2v) is 12.6. The van der Waals surface area contributed by atoms with Crippen LogP contribution in [0.4, 0.5) is 10.1 Å². The molecular weight excluding hydrogens is 541 g/mol. The first kappa shape index (κ1) is 31.8. The fourth-order valence-electron chi connectivity index (χ4n) is 4.49. The molecule has 1 unspecified atom stereocenters. The Balaban J connectivity index is 2.08. The van der Waals surface area contributed by atoms with Gasteiger partial charge in [0.2, 0.25) is 11.8 Å². The fourth-order valence-corrected chi connectivity index (χ4v) is 5.96. The topological polar surface area (TPSA) is 86.8 Å². The number of benzene rings is 3. The van der Waals surface area contributed by atoms with E-state index in [1.807, 2.05) is 40.7 Å². The maximum atomic E-state index is 14.1. The molecule has 3 rings (SSSR count). The van der Waals surface area contributed by atoms with Crippen LogP contribution in [0, 0.1) is 32.5 Å². The number of nitrogens with zero attached hydrogens (tertiary/aromatic N) is 2. The van der Waals surface area contributed by atoms with Gasteiger partial charge < -0.3 is 10.2 Å². The van der Waals surface area contributed by atoms with Gasteiger partial charge in [0.1, 0.15) is 18.4 Å². The van der Waals surface area contributed by atoms with Crippen LogP contribution in [0.15, 0.2) is 71.6 Å². The molecule has 0 aromatic heterocycles. The van der Waals surface area contributed by atoms with Gasteiger partial charge in [0.05, 0.1) is 10.6 Å². The molecule has 0 saturated heterocycles. The molecule has 1 atom stereocenters. The molecule has 9 heteroatoms. The van der Waals surface area contributed by atoms with Crippen LogP contribution in [0.25, 0.3) is 0 Å². The minimum absolute atomic E-state index is 0.0118. The Labute approximate surface area is 243 Å². The predicted octanol–water partition coefficient (Wildman–Crippen LogP) is 5.53. The zero-order chi connectivity index (χ0) is 30.3. The van der Waals surface area contributed by atoms with Gasteiger partial charge in [-0.25, -0.2) is 12.8 Å². The number of nitrogens with one attached hydrogen (secondary N) is 1. The molecule has 41 heavy (non-hydrogen) atoms. The van der Waals surface area contributed by atoms with E-state index in [0.717, 1.165) is 21.0 Å². The van der Waals surface area contributed by atoms with Crippen molar-refractivity contribution in [2.45, 2.75) is 65.4 Å². The summed E-state index contributed by atoms with van der Waals surface area (Å²) in [7, 11) is -4.16. The molecule has 0 bridgehead atoms. The van der Waals surface area contributed by atoms with E-state index in [1.165, 1.54) is 29.2 Å². The van der Waals surface area contributed by atoms with Gasteiger partial charge >= 0.3 is 0 Å². The number of rotatable bonds is 12. The monoisotopic (exact) mass is 581 g/mol. The van der Waals surface area contributed by atoms with Gasteiger partial charge in [0.25, 0.3) is 10.0 Å². The quantitative estimate of drug-likeness (QED) is 0.305. The molecule has 0 aliphatic rings. The van der Waals surface area contributed by atoms with E-state index in [4.69, 9.17) is 0 Å². The number of aryl methyl sites for hydroxylation is 2. The highest BCUT2D eigenvalue weighted by Crippen LogP contribution is 2.29. The third kappa shape index (κ3) is 7.94. The van der Waals surface area contributed by atoms with Gasteiger partial charge in [0, 0.05) is 13.1 Å². The second kappa shape index (κ2) is 13.8. The van der Waals surface area contributed by atoms with E-state index < -0.39 is 34.3 Å². The van der Waals surface area contributed by atoms with Crippen LogP contribution in [0.3, 0.4) is 0 Å². The molecular formula is C32H40FN3O4S. The van der Waals surface area contributed by atoms with Crippen molar-refractivity contribution in [1.29, 1.82) is 0 Å². The second-order valence-electron chi connectivity index (χ2n) is 10.8. The summed E-state index contributed by atoms with van der Waals surface area (Å²) in [6, 6.07) is 16.6. The van der Waals surface area contributed by atoms with E-state index in [2.05, 4.69) is 5.32 Å². The fraction of sp³-hybridized carbons (Fsp3) is 0.375. The number of carbonyl (C=O) groups is 2. The van der Waals surface area contributed by atoms with E-state index >= 15 is 0 Å². The molecule has 1 N–H and O–H groups in total. The maximum Gasteiger partial charge on any atom is 0.264 e. The molecule has 7 nitrogen and oxygen atoms in total. The smallest absolute Gasteiger partial charge is 0.264 e. The first-order chi connectivity index (χ1) is 19.3. The van der Waals surface area contributed by atoms with Crippen molar-refractivity contribution < 1.29 is 22.4 Å². The molecule has 0 saturated carbocycles. The van der Waals surface area contributed by atoms with Crippen LogP contribution < -0.4 is 9.62 Å². The molecule has 3 aromatic carbocycles. The third-order valence-electron chi connectivity index (χ3n) is 7.07. The molecule has 0 radical (unpaired) electrons. The third-order valence-corrected chi connectivity index (χ3v) is 8.84. The van der Waals surface area contributed by atoms with E-state index in [-0.39, 0.29) is 23.3 Å². The molecule has 0 heterocycles. The van der Waals surface area contributed by atoms with E-state index in [9.17, 15) is 22.4 Å². The van der Waals surface area contributed by atoms with Crippen molar-refractivity contribution in [2.75, 3.05) is 17.4 Å². The van der Waals surface area contributed by atoms with Gasteiger partial charge in [0.15, 0.2) is 0 Å². The Kier molecular flexibility index (Phi) is 10.7. The molecule has 0 aliphatic carbocycles. The lowest BCUT2D eigenvalue weighted by molar-refractivity contribution is -0.140. The van der Waals surface area contributed by atoms with Gasteiger partial charge in [-0.05, 0) is 80.1 Å². The summed E-state index contributed by atoms with van der Waals surface area (Å²) in [6.07, 6.45) is 0.311. The predicted molar refractivity (Wildman–Crippen MR) is 161 cm³/mol. The molecule has 2 amide bonds. The highest BCUT2D eigenvalue weighted by atomic mass is 32.2. The zero-order valence-electron chi connectivity index (χ0n) is 24.6. The van der Waals surface area contributed by atoms with Crippen LogP contribution >= 0.6 is 0 Å². The highest BCUT2D eigenvalue weighted by Gasteiger charge is 2.34. The average Bonchev–Trinajstić information content (AvgIpc) is 2.93. The van der Waals surface area contributed by atoms with Gasteiger partial charge in [-0.2, -0.15) is 0 Å². The molecule has 220 valence electrons. The Morgan fingerprint density at radius 1 is 0.927 bits per heavy atom. The summed E-state index contributed by atoms with van der Waals surface area (Å²) < 4.78 is 42.9. The number of sulfonamides is 1.